The lowest BCUT2D eigenvalue weighted by molar-refractivity contribution is 0.177. The Morgan fingerprint density at radius 2 is 2.10 bits per heavy atom. The van der Waals surface area contributed by atoms with Crippen molar-refractivity contribution in [2.24, 2.45) is 5.92 Å². The van der Waals surface area contributed by atoms with Gasteiger partial charge in [0.15, 0.2) is 5.13 Å². The summed E-state index contributed by atoms with van der Waals surface area (Å²) < 4.78 is 0. The topological polar surface area (TPSA) is 36.4 Å². The van der Waals surface area contributed by atoms with Gasteiger partial charge in [0.2, 0.25) is 0 Å². The second kappa shape index (κ2) is 6.58. The van der Waals surface area contributed by atoms with Crippen LogP contribution in [0.5, 0.6) is 0 Å². The lowest BCUT2D eigenvalue weighted by atomic mass is 10.1. The molecular formula is C17H22N2OS. The van der Waals surface area contributed by atoms with Crippen molar-refractivity contribution >= 4 is 16.5 Å². The van der Waals surface area contributed by atoms with Gasteiger partial charge in [-0.15, -0.1) is 11.3 Å². The fourth-order valence-electron chi connectivity index (χ4n) is 2.48. The fraction of sp³-hybridized carbons (Fsp3) is 0.471. The largest absolute Gasteiger partial charge is 0.388 e. The van der Waals surface area contributed by atoms with E-state index >= 15 is 0 Å². The van der Waals surface area contributed by atoms with Crippen LogP contribution in [0.4, 0.5) is 5.13 Å². The maximum absolute atomic E-state index is 10.3. The smallest absolute Gasteiger partial charge is 0.185 e. The fourth-order valence-corrected chi connectivity index (χ4v) is 3.39. The first-order valence-electron chi connectivity index (χ1n) is 7.68. The number of rotatable bonds is 7. The number of aliphatic hydroxyl groups excluding tert-OH is 1. The minimum Gasteiger partial charge on any atom is -0.388 e. The van der Waals surface area contributed by atoms with Gasteiger partial charge in [-0.25, -0.2) is 4.98 Å². The van der Waals surface area contributed by atoms with Crippen LogP contribution in [0.3, 0.4) is 0 Å². The zero-order valence-corrected chi connectivity index (χ0v) is 13.2. The molecule has 1 heterocycles. The molecule has 0 bridgehead atoms. The Balaban J connectivity index is 1.64. The van der Waals surface area contributed by atoms with Gasteiger partial charge in [0.25, 0.3) is 0 Å². The summed E-state index contributed by atoms with van der Waals surface area (Å²) in [7, 11) is 0. The Labute approximate surface area is 130 Å². The van der Waals surface area contributed by atoms with Gasteiger partial charge in [0, 0.05) is 24.9 Å². The van der Waals surface area contributed by atoms with Crippen LogP contribution in [0.25, 0.3) is 0 Å². The predicted molar refractivity (Wildman–Crippen MR) is 87.8 cm³/mol. The maximum atomic E-state index is 10.3. The van der Waals surface area contributed by atoms with Gasteiger partial charge >= 0.3 is 0 Å². The quantitative estimate of drug-likeness (QED) is 0.848. The Morgan fingerprint density at radius 3 is 2.76 bits per heavy atom. The molecular weight excluding hydrogens is 280 g/mol. The molecule has 0 amide bonds. The lowest BCUT2D eigenvalue weighted by Crippen LogP contribution is -2.25. The van der Waals surface area contributed by atoms with E-state index in [0.29, 0.717) is 6.42 Å². The van der Waals surface area contributed by atoms with Crippen molar-refractivity contribution in [3.05, 3.63) is 47.0 Å². The Hall–Kier alpha value is -1.39. The minimum atomic E-state index is -0.473. The van der Waals surface area contributed by atoms with Crippen LogP contribution < -0.4 is 4.90 Å². The van der Waals surface area contributed by atoms with Crippen LogP contribution in [0.1, 0.15) is 37.1 Å². The van der Waals surface area contributed by atoms with Gasteiger partial charge in [-0.1, -0.05) is 30.3 Å². The number of thiazole rings is 1. The highest BCUT2D eigenvalue weighted by Gasteiger charge is 2.25. The third kappa shape index (κ3) is 3.83. The molecule has 0 radical (unpaired) electrons. The number of hydrogen-bond acceptors (Lipinski definition) is 4. The lowest BCUT2D eigenvalue weighted by Gasteiger charge is -2.19. The summed E-state index contributed by atoms with van der Waals surface area (Å²) in [6.07, 6.45) is 2.84. The standard InChI is InChI=1S/C17H22N2OS/c1-2-19(11-13-8-9-13)17-18-15(12-21-17)10-16(20)14-6-4-3-5-7-14/h3-7,12-13,16,20H,2,8-11H2,1H3. The number of hydrogen-bond donors (Lipinski definition) is 1. The van der Waals surface area contributed by atoms with Gasteiger partial charge in [-0.2, -0.15) is 0 Å². The molecule has 0 aliphatic heterocycles. The maximum Gasteiger partial charge on any atom is 0.185 e. The number of anilines is 1. The molecule has 112 valence electrons. The first-order valence-corrected chi connectivity index (χ1v) is 8.56. The minimum absolute atomic E-state index is 0.473. The monoisotopic (exact) mass is 302 g/mol. The Bertz CT molecular complexity index is 565. The first kappa shape index (κ1) is 14.5. The highest BCUT2D eigenvalue weighted by Crippen LogP contribution is 2.32. The summed E-state index contributed by atoms with van der Waals surface area (Å²) in [5, 5.41) is 13.5. The van der Waals surface area contributed by atoms with Crippen molar-refractivity contribution in [3.8, 4) is 0 Å². The summed E-state index contributed by atoms with van der Waals surface area (Å²) in [6.45, 7) is 4.32. The van der Waals surface area contributed by atoms with Crippen molar-refractivity contribution in [1.29, 1.82) is 0 Å². The summed E-state index contributed by atoms with van der Waals surface area (Å²) in [5.41, 5.74) is 1.94. The van der Waals surface area contributed by atoms with E-state index in [4.69, 9.17) is 4.98 Å². The molecule has 1 aliphatic rings. The Kier molecular flexibility index (Phi) is 4.56. The molecule has 1 saturated carbocycles. The van der Waals surface area contributed by atoms with Gasteiger partial charge in [0.1, 0.15) is 0 Å². The normalized spacial score (nSPS) is 15.9. The van der Waals surface area contributed by atoms with E-state index < -0.39 is 6.10 Å². The van der Waals surface area contributed by atoms with Crippen molar-refractivity contribution in [1.82, 2.24) is 4.98 Å². The van der Waals surface area contributed by atoms with E-state index in [1.54, 1.807) is 11.3 Å². The van der Waals surface area contributed by atoms with Crippen molar-refractivity contribution in [2.75, 3.05) is 18.0 Å². The SMILES string of the molecule is CCN(CC1CC1)c1nc(CC(O)c2ccccc2)cs1. The molecule has 0 spiro atoms. The van der Waals surface area contributed by atoms with E-state index in [2.05, 4.69) is 17.2 Å². The molecule has 1 aliphatic carbocycles. The molecule has 1 fully saturated rings. The zero-order valence-electron chi connectivity index (χ0n) is 12.4. The summed E-state index contributed by atoms with van der Waals surface area (Å²) in [4.78, 5) is 7.07. The average Bonchev–Trinajstić information content (AvgIpc) is 3.23. The van der Waals surface area contributed by atoms with E-state index in [0.717, 1.165) is 35.4 Å². The van der Waals surface area contributed by atoms with E-state index in [-0.39, 0.29) is 0 Å². The van der Waals surface area contributed by atoms with Crippen molar-refractivity contribution in [3.63, 3.8) is 0 Å². The van der Waals surface area contributed by atoms with E-state index in [1.807, 2.05) is 30.3 Å². The average molecular weight is 302 g/mol. The molecule has 1 unspecified atom stereocenters. The molecule has 1 aromatic heterocycles. The summed E-state index contributed by atoms with van der Waals surface area (Å²) in [5.74, 6) is 0.868. The highest BCUT2D eigenvalue weighted by atomic mass is 32.1. The second-order valence-electron chi connectivity index (χ2n) is 5.73. The first-order chi connectivity index (χ1) is 10.3. The summed E-state index contributed by atoms with van der Waals surface area (Å²) >= 11 is 1.69. The third-order valence-corrected chi connectivity index (χ3v) is 4.90. The van der Waals surface area contributed by atoms with Gasteiger partial charge < -0.3 is 10.0 Å². The van der Waals surface area contributed by atoms with Crippen molar-refractivity contribution in [2.45, 2.75) is 32.3 Å². The number of aromatic nitrogens is 1. The second-order valence-corrected chi connectivity index (χ2v) is 6.57. The van der Waals surface area contributed by atoms with Crippen LogP contribution in [0.15, 0.2) is 35.7 Å². The molecule has 1 N–H and O–H groups in total. The van der Waals surface area contributed by atoms with Crippen LogP contribution in [-0.2, 0) is 6.42 Å². The molecule has 21 heavy (non-hydrogen) atoms. The summed E-state index contributed by atoms with van der Waals surface area (Å²) in [6, 6.07) is 9.81. The predicted octanol–water partition coefficient (Wildman–Crippen LogP) is 3.66. The number of aliphatic hydroxyl groups is 1. The van der Waals surface area contributed by atoms with Gasteiger partial charge in [-0.3, -0.25) is 0 Å². The molecule has 3 nitrogen and oxygen atoms in total. The van der Waals surface area contributed by atoms with Crippen LogP contribution in [0, 0.1) is 5.92 Å². The number of nitrogens with zero attached hydrogens (tertiary/aromatic N) is 2. The van der Waals surface area contributed by atoms with Crippen LogP contribution >= 0.6 is 11.3 Å². The molecule has 1 aromatic carbocycles. The van der Waals surface area contributed by atoms with Gasteiger partial charge in [0.05, 0.1) is 11.8 Å². The molecule has 1 atom stereocenters. The molecule has 2 aromatic rings. The van der Waals surface area contributed by atoms with E-state index in [1.165, 1.54) is 12.8 Å². The molecule has 4 heteroatoms. The van der Waals surface area contributed by atoms with Crippen LogP contribution in [-0.4, -0.2) is 23.2 Å². The van der Waals surface area contributed by atoms with Crippen LogP contribution in [0.2, 0.25) is 0 Å². The third-order valence-electron chi connectivity index (χ3n) is 3.95. The van der Waals surface area contributed by atoms with E-state index in [9.17, 15) is 5.11 Å². The van der Waals surface area contributed by atoms with Gasteiger partial charge in [-0.05, 0) is 31.2 Å². The molecule has 3 rings (SSSR count). The zero-order chi connectivity index (χ0) is 14.7. The highest BCUT2D eigenvalue weighted by molar-refractivity contribution is 7.13. The Morgan fingerprint density at radius 1 is 1.33 bits per heavy atom. The number of benzene rings is 1. The van der Waals surface area contributed by atoms with Crippen molar-refractivity contribution < 1.29 is 5.11 Å². The molecule has 0 saturated heterocycles.